The molecule has 3 rings (SSSR count). The first-order chi connectivity index (χ1) is 14.4. The van der Waals surface area contributed by atoms with Crippen LogP contribution in [-0.2, 0) is 25.6 Å². The predicted molar refractivity (Wildman–Crippen MR) is 109 cm³/mol. The van der Waals surface area contributed by atoms with Crippen LogP contribution >= 0.6 is 0 Å². The number of amides is 1. The summed E-state index contributed by atoms with van der Waals surface area (Å²) >= 11 is 0. The normalized spacial score (nSPS) is 19.0. The van der Waals surface area contributed by atoms with Gasteiger partial charge >= 0.3 is 6.09 Å². The Hall–Kier alpha value is -3.07. The van der Waals surface area contributed by atoms with Gasteiger partial charge < -0.3 is 9.64 Å². The molecule has 1 amide bonds. The van der Waals surface area contributed by atoms with Crippen molar-refractivity contribution < 1.29 is 22.1 Å². The van der Waals surface area contributed by atoms with Gasteiger partial charge in [-0.1, -0.05) is 53.1 Å². The van der Waals surface area contributed by atoms with Gasteiger partial charge in [0.1, 0.15) is 12.7 Å². The number of azide groups is 1. The van der Waals surface area contributed by atoms with E-state index in [2.05, 4.69) is 10.0 Å². The zero-order valence-electron chi connectivity index (χ0n) is 16.4. The summed E-state index contributed by atoms with van der Waals surface area (Å²) in [5, 5.41) is 3.66. The van der Waals surface area contributed by atoms with Gasteiger partial charge in [-0.25, -0.2) is 4.79 Å². The number of piperidine rings is 1. The van der Waals surface area contributed by atoms with Crippen molar-refractivity contribution in [1.82, 2.24) is 4.90 Å². The second-order valence-electron chi connectivity index (χ2n) is 6.95. The maximum Gasteiger partial charge on any atom is 0.410 e. The van der Waals surface area contributed by atoms with Crippen LogP contribution < -0.4 is 0 Å². The largest absolute Gasteiger partial charge is 0.445 e. The molecule has 0 aromatic heterocycles. The summed E-state index contributed by atoms with van der Waals surface area (Å²) in [5.41, 5.74) is 10.6. The minimum absolute atomic E-state index is 0.00318. The minimum atomic E-state index is -4.09. The maximum atomic E-state index is 12.7. The van der Waals surface area contributed by atoms with Gasteiger partial charge in [0.15, 0.2) is 0 Å². The van der Waals surface area contributed by atoms with E-state index in [1.165, 1.54) is 17.0 Å². The van der Waals surface area contributed by atoms with Crippen LogP contribution in [0.5, 0.6) is 0 Å². The third-order valence-corrected chi connectivity index (χ3v) is 6.10. The summed E-state index contributed by atoms with van der Waals surface area (Å²) < 4.78 is 36.0. The minimum Gasteiger partial charge on any atom is -0.445 e. The summed E-state index contributed by atoms with van der Waals surface area (Å²) in [7, 11) is -4.09. The van der Waals surface area contributed by atoms with Crippen molar-refractivity contribution in [2.45, 2.75) is 37.0 Å². The summed E-state index contributed by atoms with van der Waals surface area (Å²) in [6.07, 6.45) is -1.33. The van der Waals surface area contributed by atoms with Crippen LogP contribution in [0.4, 0.5) is 4.79 Å². The molecule has 30 heavy (non-hydrogen) atoms. The van der Waals surface area contributed by atoms with Crippen LogP contribution in [0.2, 0.25) is 0 Å². The maximum absolute atomic E-state index is 12.7. The van der Waals surface area contributed by atoms with Gasteiger partial charge in [-0.05, 0) is 36.6 Å². The second-order valence-corrected chi connectivity index (χ2v) is 8.52. The van der Waals surface area contributed by atoms with E-state index >= 15 is 0 Å². The molecule has 2 aromatic rings. The lowest BCUT2D eigenvalue weighted by atomic mass is 10.0. The topological polar surface area (TPSA) is 122 Å². The van der Waals surface area contributed by atoms with E-state index in [1.807, 2.05) is 37.3 Å². The van der Waals surface area contributed by atoms with Gasteiger partial charge in [-0.3, -0.25) is 4.18 Å². The molecule has 0 spiro atoms. The molecule has 2 aromatic carbocycles. The lowest BCUT2D eigenvalue weighted by Gasteiger charge is -2.35. The number of carbonyl (C=O) groups is 1. The molecule has 1 fully saturated rings. The first kappa shape index (κ1) is 21.6. The van der Waals surface area contributed by atoms with Crippen molar-refractivity contribution in [3.63, 3.8) is 0 Å². The summed E-state index contributed by atoms with van der Waals surface area (Å²) in [6, 6.07) is 14.7. The number of hydrogen-bond acceptors (Lipinski definition) is 6. The highest BCUT2D eigenvalue weighted by Gasteiger charge is 2.36. The van der Waals surface area contributed by atoms with E-state index in [4.69, 9.17) is 14.5 Å². The number of rotatable bonds is 6. The van der Waals surface area contributed by atoms with Crippen LogP contribution in [-0.4, -0.2) is 44.6 Å². The fraction of sp³-hybridized carbons (Fsp3) is 0.350. The SMILES string of the molecule is Cc1ccc(S(=O)(=O)O[C@@H]2CN(C(=O)OCc3ccccc3)CC[C@H]2N=[N+]=[N-])cc1. The highest BCUT2D eigenvalue weighted by Crippen LogP contribution is 2.23. The molecule has 1 heterocycles. The molecule has 0 saturated carbocycles. The summed E-state index contributed by atoms with van der Waals surface area (Å²) in [6.45, 7) is 2.14. The lowest BCUT2D eigenvalue weighted by Crippen LogP contribution is -2.50. The Morgan fingerprint density at radius 1 is 1.20 bits per heavy atom. The molecule has 1 aliphatic rings. The van der Waals surface area contributed by atoms with E-state index < -0.39 is 28.4 Å². The van der Waals surface area contributed by atoms with Crippen molar-refractivity contribution in [2.24, 2.45) is 5.11 Å². The number of likely N-dealkylation sites (tertiary alicyclic amines) is 1. The van der Waals surface area contributed by atoms with Gasteiger partial charge in [0.2, 0.25) is 0 Å². The van der Waals surface area contributed by atoms with Crippen LogP contribution in [0, 0.1) is 6.92 Å². The van der Waals surface area contributed by atoms with Gasteiger partial charge in [-0.15, -0.1) is 0 Å². The first-order valence-electron chi connectivity index (χ1n) is 9.39. The Morgan fingerprint density at radius 2 is 1.90 bits per heavy atom. The van der Waals surface area contributed by atoms with Gasteiger partial charge in [-0.2, -0.15) is 8.42 Å². The number of ether oxygens (including phenoxy) is 1. The number of hydrogen-bond donors (Lipinski definition) is 0. The molecule has 158 valence electrons. The average Bonchev–Trinajstić information content (AvgIpc) is 2.74. The standard InChI is InChI=1S/C20H22N4O5S/c1-15-7-9-17(10-8-15)30(26,27)29-19-13-24(12-11-18(19)22-23-21)20(25)28-14-16-5-3-2-4-6-16/h2-10,18-19H,11-14H2,1H3/t18-,19-/m1/s1. The van der Waals surface area contributed by atoms with Gasteiger partial charge in [0.25, 0.3) is 10.1 Å². The Labute approximate surface area is 175 Å². The molecule has 2 atom stereocenters. The molecule has 0 radical (unpaired) electrons. The molecule has 10 heteroatoms. The zero-order valence-corrected chi connectivity index (χ0v) is 17.2. The predicted octanol–water partition coefficient (Wildman–Crippen LogP) is 3.79. The highest BCUT2D eigenvalue weighted by atomic mass is 32.2. The van der Waals surface area contributed by atoms with Crippen molar-refractivity contribution in [1.29, 1.82) is 0 Å². The summed E-state index contributed by atoms with van der Waals surface area (Å²) in [4.78, 5) is 16.6. The van der Waals surface area contributed by atoms with E-state index in [1.54, 1.807) is 12.1 Å². The average molecular weight is 430 g/mol. The number of carbonyl (C=O) groups excluding carboxylic acids is 1. The molecule has 1 aliphatic heterocycles. The fourth-order valence-corrected chi connectivity index (χ4v) is 4.19. The smallest absolute Gasteiger partial charge is 0.410 e. The molecule has 0 aliphatic carbocycles. The third kappa shape index (κ3) is 5.50. The van der Waals surface area contributed by atoms with E-state index in [-0.39, 0.29) is 31.0 Å². The van der Waals surface area contributed by atoms with Crippen molar-refractivity contribution in [3.8, 4) is 0 Å². The van der Waals surface area contributed by atoms with E-state index in [9.17, 15) is 13.2 Å². The van der Waals surface area contributed by atoms with Crippen LogP contribution in [0.3, 0.4) is 0 Å². The van der Waals surface area contributed by atoms with Crippen LogP contribution in [0.15, 0.2) is 64.6 Å². The second kappa shape index (κ2) is 9.62. The lowest BCUT2D eigenvalue weighted by molar-refractivity contribution is 0.0487. The molecule has 9 nitrogen and oxygen atoms in total. The molecule has 0 N–H and O–H groups in total. The fourth-order valence-electron chi connectivity index (χ4n) is 3.10. The van der Waals surface area contributed by atoms with Crippen molar-refractivity contribution in [3.05, 3.63) is 76.2 Å². The highest BCUT2D eigenvalue weighted by molar-refractivity contribution is 7.86. The first-order valence-corrected chi connectivity index (χ1v) is 10.8. The number of benzene rings is 2. The Morgan fingerprint density at radius 3 is 2.57 bits per heavy atom. The Balaban J connectivity index is 1.69. The Bertz CT molecular complexity index is 1020. The molecular formula is C20H22N4O5S. The van der Waals surface area contributed by atoms with Crippen LogP contribution in [0.1, 0.15) is 17.5 Å². The van der Waals surface area contributed by atoms with Crippen molar-refractivity contribution in [2.75, 3.05) is 13.1 Å². The summed E-state index contributed by atoms with van der Waals surface area (Å²) in [5.74, 6) is 0. The van der Waals surface area contributed by atoms with Gasteiger partial charge in [0, 0.05) is 11.5 Å². The van der Waals surface area contributed by atoms with Crippen molar-refractivity contribution >= 4 is 16.2 Å². The van der Waals surface area contributed by atoms with Gasteiger partial charge in [0.05, 0.1) is 17.5 Å². The van der Waals surface area contributed by atoms with E-state index in [0.717, 1.165) is 11.1 Å². The number of aryl methyl sites for hydroxylation is 1. The molecule has 0 bridgehead atoms. The Kier molecular flexibility index (Phi) is 6.94. The van der Waals surface area contributed by atoms with E-state index in [0.29, 0.717) is 0 Å². The van der Waals surface area contributed by atoms with Crippen LogP contribution in [0.25, 0.3) is 10.4 Å². The quantitative estimate of drug-likeness (QED) is 0.299. The molecular weight excluding hydrogens is 408 g/mol. The molecule has 0 unspecified atom stereocenters. The zero-order chi connectivity index (χ0) is 21.6. The number of nitrogens with zero attached hydrogens (tertiary/aromatic N) is 4. The third-order valence-electron chi connectivity index (χ3n) is 4.75. The monoisotopic (exact) mass is 430 g/mol. The molecule has 1 saturated heterocycles.